The van der Waals surface area contributed by atoms with Gasteiger partial charge < -0.3 is 15.2 Å². The number of nitrogens with zero attached hydrogens (tertiary/aromatic N) is 1. The van der Waals surface area contributed by atoms with Crippen LogP contribution in [0.1, 0.15) is 6.42 Å². The second-order valence-corrected chi connectivity index (χ2v) is 6.03. The third-order valence-electron chi connectivity index (χ3n) is 3.17. The van der Waals surface area contributed by atoms with Crippen molar-refractivity contribution in [3.63, 3.8) is 0 Å². The third-order valence-corrected chi connectivity index (χ3v) is 4.32. The van der Waals surface area contributed by atoms with E-state index in [9.17, 15) is 22.6 Å². The number of likely N-dealkylation sites (tertiary alicyclic amines) is 1. The molecule has 0 spiro atoms. The number of rotatable bonds is 3. The predicted octanol–water partition coefficient (Wildman–Crippen LogP) is -4.87. The van der Waals surface area contributed by atoms with Gasteiger partial charge in [0.1, 0.15) is 21.5 Å². The maximum atomic E-state index is 11.8. The number of amides is 2. The molecule has 1 fully saturated rings. The molecule has 2 rings (SSSR count). The monoisotopic (exact) mass is 324 g/mol. The molecule has 1 saturated heterocycles. The van der Waals surface area contributed by atoms with Crippen LogP contribution in [0.2, 0.25) is 0 Å². The fraction of sp³-hybridized carbons (Fsp3) is 0.400. The van der Waals surface area contributed by atoms with E-state index in [1.165, 1.54) is 24.1 Å². The van der Waals surface area contributed by atoms with Gasteiger partial charge in [-0.2, -0.15) is 0 Å². The minimum absolute atomic E-state index is 0. The zero-order valence-corrected chi connectivity index (χ0v) is 14.3. The number of urea groups is 1. The summed E-state index contributed by atoms with van der Waals surface area (Å²) in [6.07, 6.45) is 2.70. The number of likely N-dealkylation sites (N-methyl/N-ethyl adjacent to an activating group) is 1. The normalized spacial score (nSPS) is 24.7. The molecule has 0 aromatic rings. The zero-order chi connectivity index (χ0) is 15.1. The largest absolute Gasteiger partial charge is 1.00 e. The quantitative estimate of drug-likeness (QED) is 0.268. The molecule has 1 heterocycles. The number of carbonyl (C=O) groups is 2. The van der Waals surface area contributed by atoms with Crippen molar-refractivity contribution in [2.45, 2.75) is 17.8 Å². The molecule has 1 aliphatic carbocycles. The standard InChI is InChI=1S/C10H14N4O5S.Na/c1-14-7-4-8(15)6(12-13-10(11)16)2-5(7)3-9(14)20(17,18)19;/h2,4,6,9,12H,3H2,1H3,(H3,11,13,16)(H,17,18,19);/q;+1/p-1. The van der Waals surface area contributed by atoms with E-state index < -0.39 is 27.6 Å². The van der Waals surface area contributed by atoms with Gasteiger partial charge in [0.2, 0.25) is 0 Å². The molecule has 0 radical (unpaired) electrons. The van der Waals surface area contributed by atoms with Crippen molar-refractivity contribution in [2.75, 3.05) is 7.05 Å². The van der Waals surface area contributed by atoms with Crippen LogP contribution in [0.3, 0.4) is 0 Å². The number of ketones is 1. The van der Waals surface area contributed by atoms with Crippen LogP contribution in [-0.4, -0.2) is 48.1 Å². The van der Waals surface area contributed by atoms with E-state index in [4.69, 9.17) is 5.73 Å². The molecule has 2 unspecified atom stereocenters. The van der Waals surface area contributed by atoms with E-state index in [-0.39, 0.29) is 41.8 Å². The van der Waals surface area contributed by atoms with Crippen LogP contribution in [-0.2, 0) is 14.9 Å². The smallest absolute Gasteiger partial charge is 0.746 e. The van der Waals surface area contributed by atoms with Crippen LogP contribution < -0.4 is 46.1 Å². The topological polar surface area (TPSA) is 145 Å². The molecule has 1 aliphatic heterocycles. The minimum atomic E-state index is -4.50. The second kappa shape index (κ2) is 6.46. The molecule has 4 N–H and O–H groups in total. The van der Waals surface area contributed by atoms with Crippen molar-refractivity contribution in [1.82, 2.24) is 15.8 Å². The van der Waals surface area contributed by atoms with Crippen molar-refractivity contribution >= 4 is 21.9 Å². The van der Waals surface area contributed by atoms with Crippen LogP contribution in [0.25, 0.3) is 0 Å². The summed E-state index contributed by atoms with van der Waals surface area (Å²) >= 11 is 0. The van der Waals surface area contributed by atoms with Gasteiger partial charge in [-0.15, -0.1) is 0 Å². The fourth-order valence-electron chi connectivity index (χ4n) is 2.22. The van der Waals surface area contributed by atoms with Gasteiger partial charge in [0, 0.05) is 25.2 Å². The molecule has 0 bridgehead atoms. The Balaban J connectivity index is 0.00000220. The Morgan fingerprint density at radius 1 is 1.52 bits per heavy atom. The first kappa shape index (κ1) is 18.1. The number of hydrazine groups is 1. The Bertz CT molecular complexity index is 629. The van der Waals surface area contributed by atoms with E-state index in [0.29, 0.717) is 11.3 Å². The molecule has 0 aromatic carbocycles. The summed E-state index contributed by atoms with van der Waals surface area (Å²) in [5, 5.41) is -1.23. The van der Waals surface area contributed by atoms with Crippen molar-refractivity contribution in [1.29, 1.82) is 0 Å². The molecule has 21 heavy (non-hydrogen) atoms. The van der Waals surface area contributed by atoms with Gasteiger partial charge in [-0.25, -0.2) is 18.6 Å². The van der Waals surface area contributed by atoms with Crippen molar-refractivity contribution < 1.29 is 52.1 Å². The van der Waals surface area contributed by atoms with Crippen LogP contribution >= 0.6 is 0 Å². The van der Waals surface area contributed by atoms with Crippen LogP contribution in [0.15, 0.2) is 23.4 Å². The van der Waals surface area contributed by atoms with Gasteiger partial charge in [0.15, 0.2) is 5.78 Å². The Morgan fingerprint density at radius 3 is 2.67 bits per heavy atom. The summed E-state index contributed by atoms with van der Waals surface area (Å²) < 4.78 is 33.4. The Kier molecular flexibility index (Phi) is 5.58. The number of carbonyl (C=O) groups excluding carboxylic acids is 2. The number of allylic oxidation sites excluding steroid dienone is 1. The molecule has 2 atom stereocenters. The van der Waals surface area contributed by atoms with Crippen molar-refractivity contribution in [3.05, 3.63) is 23.4 Å². The van der Waals surface area contributed by atoms with Crippen LogP contribution in [0.4, 0.5) is 4.79 Å². The summed E-state index contributed by atoms with van der Waals surface area (Å²) in [7, 11) is -3.06. The zero-order valence-electron chi connectivity index (χ0n) is 11.5. The Labute approximate surface area is 143 Å². The van der Waals surface area contributed by atoms with Crippen molar-refractivity contribution in [3.8, 4) is 0 Å². The number of hydrogen-bond acceptors (Lipinski definition) is 7. The van der Waals surface area contributed by atoms with E-state index in [1.807, 2.05) is 0 Å². The van der Waals surface area contributed by atoms with Crippen LogP contribution in [0.5, 0.6) is 0 Å². The number of fused-ring (bicyclic) bond motifs is 1. The summed E-state index contributed by atoms with van der Waals surface area (Å²) in [5.41, 5.74) is 10.3. The minimum Gasteiger partial charge on any atom is -0.746 e. The molecule has 9 nitrogen and oxygen atoms in total. The number of nitrogens with two attached hydrogens (primary N) is 1. The summed E-state index contributed by atoms with van der Waals surface area (Å²) in [4.78, 5) is 23.7. The molecule has 0 saturated carbocycles. The maximum Gasteiger partial charge on any atom is 1.00 e. The number of primary amides is 1. The second-order valence-electron chi connectivity index (χ2n) is 4.50. The predicted molar refractivity (Wildman–Crippen MR) is 66.7 cm³/mol. The Hall–Kier alpha value is -0.910. The SMILES string of the molecule is CN1C2=CC(=O)C(NNC(N)=O)C=C2CC1S(=O)(=O)[O-].[Na+]. The maximum absolute atomic E-state index is 11.8. The average Bonchev–Trinajstić information content (AvgIpc) is 2.63. The fourth-order valence-corrected chi connectivity index (χ4v) is 3.11. The molecule has 2 amide bonds. The van der Waals surface area contributed by atoms with Crippen LogP contribution in [0, 0.1) is 0 Å². The van der Waals surface area contributed by atoms with Gasteiger partial charge >= 0.3 is 35.6 Å². The first-order valence-corrected chi connectivity index (χ1v) is 7.12. The number of nitrogens with one attached hydrogen (secondary N) is 2. The first-order valence-electron chi connectivity index (χ1n) is 5.65. The van der Waals surface area contributed by atoms with Gasteiger partial charge in [0.25, 0.3) is 0 Å². The van der Waals surface area contributed by atoms with E-state index in [2.05, 4.69) is 10.9 Å². The number of hydrogen-bond donors (Lipinski definition) is 3. The molecular formula is C10H13N4NaO5S. The summed E-state index contributed by atoms with van der Waals surface area (Å²) in [5.74, 6) is -0.381. The van der Waals surface area contributed by atoms with Gasteiger partial charge in [-0.3, -0.25) is 10.2 Å². The average molecular weight is 324 g/mol. The van der Waals surface area contributed by atoms with E-state index in [0.717, 1.165) is 0 Å². The first-order chi connectivity index (χ1) is 9.20. The van der Waals surface area contributed by atoms with E-state index in [1.54, 1.807) is 0 Å². The molecule has 11 heteroatoms. The summed E-state index contributed by atoms with van der Waals surface area (Å²) in [6.45, 7) is 0. The van der Waals surface area contributed by atoms with E-state index >= 15 is 0 Å². The Morgan fingerprint density at radius 2 is 2.14 bits per heavy atom. The molecule has 2 aliphatic rings. The third kappa shape index (κ3) is 3.84. The molecule has 0 aromatic heterocycles. The van der Waals surface area contributed by atoms with Crippen molar-refractivity contribution in [2.24, 2.45) is 5.73 Å². The molecular weight excluding hydrogens is 311 g/mol. The van der Waals surface area contributed by atoms with Gasteiger partial charge in [-0.1, -0.05) is 6.08 Å². The van der Waals surface area contributed by atoms with Gasteiger partial charge in [-0.05, 0) is 5.57 Å². The van der Waals surface area contributed by atoms with Gasteiger partial charge in [0.05, 0.1) is 0 Å². The summed E-state index contributed by atoms with van der Waals surface area (Å²) in [6, 6.07) is -1.70. The molecule has 110 valence electrons.